The number of unbranched alkanes of at least 4 members (excludes halogenated alkanes) is 5. The third-order valence-electron chi connectivity index (χ3n) is 2.64. The predicted octanol–water partition coefficient (Wildman–Crippen LogP) is 4.03. The van der Waals surface area contributed by atoms with Gasteiger partial charge in [-0.15, -0.1) is 0 Å². The molecule has 16 heavy (non-hydrogen) atoms. The minimum absolute atomic E-state index is 0.341. The normalized spacial score (nSPS) is 11.1. The van der Waals surface area contributed by atoms with Crippen molar-refractivity contribution in [3.8, 4) is 0 Å². The highest BCUT2D eigenvalue weighted by atomic mass is 16.2. The summed E-state index contributed by atoms with van der Waals surface area (Å²) in [7, 11) is 0. The molecule has 1 heteroatoms. The first-order chi connectivity index (χ1) is 7.93. The second-order valence-corrected chi connectivity index (χ2v) is 4.09. The molecule has 88 valence electrons. The molecule has 0 atom stereocenters. The molecule has 0 bridgehead atoms. The predicted molar refractivity (Wildman–Crippen MR) is 70.3 cm³/mol. The zero-order valence-electron chi connectivity index (χ0n) is 9.94. The fraction of sp³-hybridized carbons (Fsp3) is 0.467. The first kappa shape index (κ1) is 13.0. The van der Waals surface area contributed by atoms with Gasteiger partial charge in [-0.3, -0.25) is 0 Å². The molecular weight excluding hydrogens is 196 g/mol. The molecule has 0 aromatic heterocycles. The number of hydrogen-bond acceptors (Lipinski definition) is 1. The Hall–Kier alpha value is -1.08. The SMILES string of the molecule is OCCCCCCC/C=C/c1ccccc1. The molecule has 1 aromatic rings. The van der Waals surface area contributed by atoms with Gasteiger partial charge in [0.1, 0.15) is 0 Å². The number of rotatable bonds is 8. The van der Waals surface area contributed by atoms with Crippen LogP contribution in [0.2, 0.25) is 0 Å². The first-order valence-corrected chi connectivity index (χ1v) is 6.26. The molecule has 0 saturated carbocycles. The van der Waals surface area contributed by atoms with Crippen LogP contribution in [0.15, 0.2) is 36.4 Å². The van der Waals surface area contributed by atoms with Crippen LogP contribution in [0.5, 0.6) is 0 Å². The fourth-order valence-electron chi connectivity index (χ4n) is 1.69. The van der Waals surface area contributed by atoms with Crippen LogP contribution in [0.4, 0.5) is 0 Å². The highest BCUT2D eigenvalue weighted by molar-refractivity contribution is 5.48. The molecule has 0 aliphatic carbocycles. The van der Waals surface area contributed by atoms with Gasteiger partial charge in [-0.1, -0.05) is 61.7 Å². The highest BCUT2D eigenvalue weighted by Crippen LogP contribution is 2.07. The second kappa shape index (κ2) is 9.17. The maximum Gasteiger partial charge on any atom is 0.0431 e. The zero-order chi connectivity index (χ0) is 11.5. The summed E-state index contributed by atoms with van der Waals surface area (Å²) >= 11 is 0. The lowest BCUT2D eigenvalue weighted by molar-refractivity contribution is 0.282. The average Bonchev–Trinajstić information content (AvgIpc) is 2.34. The monoisotopic (exact) mass is 218 g/mol. The molecule has 0 aliphatic rings. The smallest absolute Gasteiger partial charge is 0.0431 e. The Kier molecular flexibility index (Phi) is 7.44. The minimum atomic E-state index is 0.341. The van der Waals surface area contributed by atoms with E-state index in [0.717, 1.165) is 12.8 Å². The van der Waals surface area contributed by atoms with E-state index in [1.54, 1.807) is 0 Å². The molecule has 0 unspecified atom stereocenters. The van der Waals surface area contributed by atoms with Gasteiger partial charge in [0.05, 0.1) is 0 Å². The summed E-state index contributed by atoms with van der Waals surface area (Å²) in [6.07, 6.45) is 11.5. The first-order valence-electron chi connectivity index (χ1n) is 6.26. The Labute approximate surface area is 98.8 Å². The van der Waals surface area contributed by atoms with E-state index >= 15 is 0 Å². The van der Waals surface area contributed by atoms with Crippen molar-refractivity contribution in [2.24, 2.45) is 0 Å². The lowest BCUT2D eigenvalue weighted by Crippen LogP contribution is -1.83. The molecule has 0 heterocycles. The van der Waals surface area contributed by atoms with E-state index in [9.17, 15) is 0 Å². The van der Waals surface area contributed by atoms with Crippen molar-refractivity contribution >= 4 is 6.08 Å². The van der Waals surface area contributed by atoms with Gasteiger partial charge in [0, 0.05) is 6.61 Å². The molecule has 0 radical (unpaired) electrons. The summed E-state index contributed by atoms with van der Waals surface area (Å²) in [6.45, 7) is 0.341. The van der Waals surface area contributed by atoms with Gasteiger partial charge < -0.3 is 5.11 Å². The van der Waals surface area contributed by atoms with Gasteiger partial charge in [0.15, 0.2) is 0 Å². The summed E-state index contributed by atoms with van der Waals surface area (Å²) in [5, 5.41) is 8.62. The maximum absolute atomic E-state index is 8.62. The third kappa shape index (κ3) is 6.41. The Morgan fingerprint density at radius 3 is 2.31 bits per heavy atom. The number of aliphatic hydroxyl groups excluding tert-OH is 1. The molecule has 0 saturated heterocycles. The van der Waals surface area contributed by atoms with Crippen LogP contribution >= 0.6 is 0 Å². The van der Waals surface area contributed by atoms with Crippen LogP contribution in [0, 0.1) is 0 Å². The van der Waals surface area contributed by atoms with Gasteiger partial charge in [-0.05, 0) is 24.8 Å². The van der Waals surface area contributed by atoms with Crippen molar-refractivity contribution in [1.82, 2.24) is 0 Å². The Balaban J connectivity index is 2.01. The lowest BCUT2D eigenvalue weighted by Gasteiger charge is -1.97. The third-order valence-corrected chi connectivity index (χ3v) is 2.64. The summed E-state index contributed by atoms with van der Waals surface area (Å²) in [4.78, 5) is 0. The number of hydrogen-bond donors (Lipinski definition) is 1. The fourth-order valence-corrected chi connectivity index (χ4v) is 1.69. The summed E-state index contributed by atoms with van der Waals surface area (Å²) in [5.41, 5.74) is 1.28. The summed E-state index contributed by atoms with van der Waals surface area (Å²) in [5.74, 6) is 0. The van der Waals surface area contributed by atoms with Crippen molar-refractivity contribution in [3.05, 3.63) is 42.0 Å². The molecule has 0 amide bonds. The summed E-state index contributed by atoms with van der Waals surface area (Å²) in [6, 6.07) is 10.4. The molecular formula is C15H22O. The van der Waals surface area contributed by atoms with E-state index in [1.807, 2.05) is 6.07 Å². The van der Waals surface area contributed by atoms with Crippen LogP contribution in [0.3, 0.4) is 0 Å². The van der Waals surface area contributed by atoms with Crippen LogP contribution in [0.25, 0.3) is 6.08 Å². The van der Waals surface area contributed by atoms with Crippen molar-refractivity contribution in [2.45, 2.75) is 38.5 Å². The largest absolute Gasteiger partial charge is 0.396 e. The molecule has 0 aliphatic heterocycles. The lowest BCUT2D eigenvalue weighted by atomic mass is 10.1. The highest BCUT2D eigenvalue weighted by Gasteiger charge is 1.88. The van der Waals surface area contributed by atoms with Gasteiger partial charge in [0.2, 0.25) is 0 Å². The van der Waals surface area contributed by atoms with Crippen LogP contribution in [-0.2, 0) is 0 Å². The molecule has 0 spiro atoms. The Bertz CT molecular complexity index is 277. The number of benzene rings is 1. The molecule has 1 aromatic carbocycles. The topological polar surface area (TPSA) is 20.2 Å². The maximum atomic E-state index is 8.62. The zero-order valence-corrected chi connectivity index (χ0v) is 9.94. The van der Waals surface area contributed by atoms with E-state index < -0.39 is 0 Å². The summed E-state index contributed by atoms with van der Waals surface area (Å²) < 4.78 is 0. The number of aliphatic hydroxyl groups is 1. The van der Waals surface area contributed by atoms with Crippen molar-refractivity contribution in [1.29, 1.82) is 0 Å². The van der Waals surface area contributed by atoms with E-state index in [2.05, 4.69) is 36.4 Å². The van der Waals surface area contributed by atoms with Crippen molar-refractivity contribution in [3.63, 3.8) is 0 Å². The molecule has 1 rings (SSSR count). The van der Waals surface area contributed by atoms with Crippen molar-refractivity contribution < 1.29 is 5.11 Å². The van der Waals surface area contributed by atoms with Gasteiger partial charge in [-0.25, -0.2) is 0 Å². The van der Waals surface area contributed by atoms with Gasteiger partial charge >= 0.3 is 0 Å². The number of allylic oxidation sites excluding steroid dienone is 1. The van der Waals surface area contributed by atoms with E-state index in [4.69, 9.17) is 5.11 Å². The van der Waals surface area contributed by atoms with Crippen LogP contribution in [0.1, 0.15) is 44.1 Å². The van der Waals surface area contributed by atoms with Crippen LogP contribution in [-0.4, -0.2) is 11.7 Å². The van der Waals surface area contributed by atoms with E-state index in [-0.39, 0.29) is 0 Å². The van der Waals surface area contributed by atoms with Gasteiger partial charge in [-0.2, -0.15) is 0 Å². The molecule has 1 N–H and O–H groups in total. The Morgan fingerprint density at radius 1 is 0.875 bits per heavy atom. The van der Waals surface area contributed by atoms with Gasteiger partial charge in [0.25, 0.3) is 0 Å². The van der Waals surface area contributed by atoms with Crippen LogP contribution < -0.4 is 0 Å². The van der Waals surface area contributed by atoms with Crippen molar-refractivity contribution in [2.75, 3.05) is 6.61 Å². The standard InChI is InChI=1S/C15H22O/c16-14-10-5-3-1-2-4-7-11-15-12-8-6-9-13-15/h6-9,11-13,16H,1-5,10,14H2/b11-7+. The van der Waals surface area contributed by atoms with E-state index in [1.165, 1.54) is 31.2 Å². The molecule has 1 nitrogen and oxygen atoms in total. The Morgan fingerprint density at radius 2 is 1.56 bits per heavy atom. The second-order valence-electron chi connectivity index (χ2n) is 4.09. The van der Waals surface area contributed by atoms with E-state index in [0.29, 0.717) is 6.61 Å². The minimum Gasteiger partial charge on any atom is -0.396 e. The molecule has 0 fully saturated rings. The average molecular weight is 218 g/mol. The quantitative estimate of drug-likeness (QED) is 0.653.